The zero-order valence-corrected chi connectivity index (χ0v) is 13.5. The van der Waals surface area contributed by atoms with Crippen molar-refractivity contribution in [3.8, 4) is 11.5 Å². The number of rotatable bonds is 7. The lowest BCUT2D eigenvalue weighted by molar-refractivity contribution is 0.104. The second-order valence-corrected chi connectivity index (χ2v) is 5.09. The van der Waals surface area contributed by atoms with Gasteiger partial charge >= 0.3 is 0 Å². The van der Waals surface area contributed by atoms with Crippen molar-refractivity contribution in [3.63, 3.8) is 0 Å². The van der Waals surface area contributed by atoms with Gasteiger partial charge in [0, 0.05) is 5.56 Å². The van der Waals surface area contributed by atoms with Crippen LogP contribution in [-0.2, 0) is 0 Å². The number of ketones is 1. The molecule has 0 unspecified atom stereocenters. The Morgan fingerprint density at radius 2 is 1.88 bits per heavy atom. The lowest BCUT2D eigenvalue weighted by Gasteiger charge is -2.10. The fourth-order valence-electron chi connectivity index (χ4n) is 2.04. The average molecular weight is 332 g/mol. The van der Waals surface area contributed by atoms with E-state index in [1.807, 2.05) is 6.92 Å². The minimum atomic E-state index is -1.05. The maximum Gasteiger partial charge on any atom is 0.185 e. The van der Waals surface area contributed by atoms with Gasteiger partial charge in [-0.1, -0.05) is 19.1 Å². The SMILES string of the molecule is CCCOc1cc(C=CC(=O)c2ccc(F)c(F)c2)ccc1OC. The molecule has 2 aromatic rings. The number of halogens is 2. The lowest BCUT2D eigenvalue weighted by Crippen LogP contribution is -1.98. The minimum absolute atomic E-state index is 0.0844. The highest BCUT2D eigenvalue weighted by Crippen LogP contribution is 2.28. The molecule has 0 aliphatic heterocycles. The van der Waals surface area contributed by atoms with Crippen molar-refractivity contribution in [1.29, 1.82) is 0 Å². The van der Waals surface area contributed by atoms with Gasteiger partial charge < -0.3 is 9.47 Å². The van der Waals surface area contributed by atoms with Crippen LogP contribution in [0, 0.1) is 11.6 Å². The van der Waals surface area contributed by atoms with Gasteiger partial charge in [0.15, 0.2) is 28.9 Å². The fraction of sp³-hybridized carbons (Fsp3) is 0.211. The van der Waals surface area contributed by atoms with Gasteiger partial charge in [-0.3, -0.25) is 4.79 Å². The van der Waals surface area contributed by atoms with Crippen molar-refractivity contribution in [2.75, 3.05) is 13.7 Å². The smallest absolute Gasteiger partial charge is 0.185 e. The fourth-order valence-corrected chi connectivity index (χ4v) is 2.04. The van der Waals surface area contributed by atoms with Crippen LogP contribution >= 0.6 is 0 Å². The molecule has 0 N–H and O–H groups in total. The summed E-state index contributed by atoms with van der Waals surface area (Å²) < 4.78 is 36.9. The molecule has 126 valence electrons. The van der Waals surface area contributed by atoms with E-state index < -0.39 is 17.4 Å². The van der Waals surface area contributed by atoms with Gasteiger partial charge in [-0.2, -0.15) is 0 Å². The Labute approximate surface area is 139 Å². The highest BCUT2D eigenvalue weighted by Gasteiger charge is 2.08. The van der Waals surface area contributed by atoms with Gasteiger partial charge in [-0.25, -0.2) is 8.78 Å². The average Bonchev–Trinajstić information content (AvgIpc) is 2.60. The number of allylic oxidation sites excluding steroid dienone is 1. The molecule has 0 spiro atoms. The number of ether oxygens (including phenoxy) is 2. The van der Waals surface area contributed by atoms with E-state index in [1.165, 1.54) is 12.1 Å². The van der Waals surface area contributed by atoms with Gasteiger partial charge in [-0.15, -0.1) is 0 Å². The van der Waals surface area contributed by atoms with Crippen molar-refractivity contribution in [2.24, 2.45) is 0 Å². The van der Waals surface area contributed by atoms with E-state index in [0.29, 0.717) is 18.1 Å². The third-order valence-corrected chi connectivity index (χ3v) is 3.28. The van der Waals surface area contributed by atoms with E-state index in [9.17, 15) is 13.6 Å². The quantitative estimate of drug-likeness (QED) is 0.546. The van der Waals surface area contributed by atoms with Crippen LogP contribution in [-0.4, -0.2) is 19.5 Å². The van der Waals surface area contributed by atoms with Crippen LogP contribution in [0.1, 0.15) is 29.3 Å². The molecule has 0 bridgehead atoms. The molecule has 0 heterocycles. The van der Waals surface area contributed by atoms with E-state index in [4.69, 9.17) is 9.47 Å². The van der Waals surface area contributed by atoms with Crippen molar-refractivity contribution < 1.29 is 23.0 Å². The third kappa shape index (κ3) is 4.41. The standard InChI is InChI=1S/C19H18F2O3/c1-3-10-24-19-11-13(5-9-18(19)23-2)4-8-17(22)14-6-7-15(20)16(21)12-14/h4-9,11-12H,3,10H2,1-2H3. The zero-order chi connectivity index (χ0) is 17.5. The van der Waals surface area contributed by atoms with Crippen LogP contribution in [0.5, 0.6) is 11.5 Å². The molecule has 0 amide bonds. The van der Waals surface area contributed by atoms with Crippen LogP contribution in [0.3, 0.4) is 0 Å². The highest BCUT2D eigenvalue weighted by molar-refractivity contribution is 6.06. The molecule has 0 saturated carbocycles. The molecular formula is C19H18F2O3. The van der Waals surface area contributed by atoms with Crippen molar-refractivity contribution in [3.05, 3.63) is 65.2 Å². The number of hydrogen-bond acceptors (Lipinski definition) is 3. The van der Waals surface area contributed by atoms with E-state index in [0.717, 1.165) is 24.1 Å². The van der Waals surface area contributed by atoms with Crippen LogP contribution in [0.15, 0.2) is 42.5 Å². The summed E-state index contributed by atoms with van der Waals surface area (Å²) in [5, 5.41) is 0. The van der Waals surface area contributed by atoms with Crippen molar-refractivity contribution in [1.82, 2.24) is 0 Å². The van der Waals surface area contributed by atoms with E-state index in [1.54, 1.807) is 31.4 Å². The van der Waals surface area contributed by atoms with Gasteiger partial charge in [-0.05, 0) is 48.4 Å². The number of carbonyl (C=O) groups is 1. The Hall–Kier alpha value is -2.69. The highest BCUT2D eigenvalue weighted by atomic mass is 19.2. The molecule has 3 nitrogen and oxygen atoms in total. The predicted octanol–water partition coefficient (Wildman–Crippen LogP) is 4.66. The Kier molecular flexibility index (Phi) is 6.07. The Morgan fingerprint density at radius 3 is 2.54 bits per heavy atom. The largest absolute Gasteiger partial charge is 0.493 e. The molecule has 5 heteroatoms. The van der Waals surface area contributed by atoms with Gasteiger partial charge in [0.05, 0.1) is 13.7 Å². The van der Waals surface area contributed by atoms with E-state index in [-0.39, 0.29) is 5.56 Å². The summed E-state index contributed by atoms with van der Waals surface area (Å²) in [5.74, 6) is -1.26. The maximum absolute atomic E-state index is 13.2. The number of hydrogen-bond donors (Lipinski definition) is 0. The van der Waals surface area contributed by atoms with Crippen molar-refractivity contribution in [2.45, 2.75) is 13.3 Å². The minimum Gasteiger partial charge on any atom is -0.493 e. The summed E-state index contributed by atoms with van der Waals surface area (Å²) in [4.78, 5) is 12.0. The normalized spacial score (nSPS) is 10.8. The van der Waals surface area contributed by atoms with Crippen LogP contribution in [0.2, 0.25) is 0 Å². The molecule has 2 rings (SSSR count). The second-order valence-electron chi connectivity index (χ2n) is 5.09. The second kappa shape index (κ2) is 8.24. The predicted molar refractivity (Wildman–Crippen MR) is 88.5 cm³/mol. The lowest BCUT2D eigenvalue weighted by atomic mass is 10.1. The molecule has 2 aromatic carbocycles. The summed E-state index contributed by atoms with van der Waals surface area (Å²) in [6.45, 7) is 2.55. The van der Waals surface area contributed by atoms with Crippen LogP contribution in [0.25, 0.3) is 6.08 Å². The summed E-state index contributed by atoms with van der Waals surface area (Å²) in [6, 6.07) is 8.32. The number of methoxy groups -OCH3 is 1. The van der Waals surface area contributed by atoms with E-state index >= 15 is 0 Å². The molecule has 0 radical (unpaired) electrons. The van der Waals surface area contributed by atoms with Crippen LogP contribution < -0.4 is 9.47 Å². The molecule has 0 atom stereocenters. The summed E-state index contributed by atoms with van der Waals surface area (Å²) in [7, 11) is 1.55. The molecule has 0 aliphatic rings. The zero-order valence-electron chi connectivity index (χ0n) is 13.5. The Balaban J connectivity index is 2.18. The monoisotopic (exact) mass is 332 g/mol. The first-order valence-corrected chi connectivity index (χ1v) is 7.53. The first-order valence-electron chi connectivity index (χ1n) is 7.53. The van der Waals surface area contributed by atoms with Gasteiger partial charge in [0.2, 0.25) is 0 Å². The van der Waals surface area contributed by atoms with Gasteiger partial charge in [0.25, 0.3) is 0 Å². The molecule has 0 saturated heterocycles. The Bertz CT molecular complexity index is 754. The topological polar surface area (TPSA) is 35.5 Å². The maximum atomic E-state index is 13.2. The number of carbonyl (C=O) groups excluding carboxylic acids is 1. The molecule has 0 aliphatic carbocycles. The first-order chi connectivity index (χ1) is 11.5. The summed E-state index contributed by atoms with van der Waals surface area (Å²) >= 11 is 0. The van der Waals surface area contributed by atoms with Crippen LogP contribution in [0.4, 0.5) is 8.78 Å². The first kappa shape index (κ1) is 17.7. The van der Waals surface area contributed by atoms with Gasteiger partial charge in [0.1, 0.15) is 0 Å². The van der Waals surface area contributed by atoms with Crippen molar-refractivity contribution >= 4 is 11.9 Å². The number of benzene rings is 2. The van der Waals surface area contributed by atoms with E-state index in [2.05, 4.69) is 0 Å². The third-order valence-electron chi connectivity index (χ3n) is 3.28. The molecule has 0 fully saturated rings. The summed E-state index contributed by atoms with van der Waals surface area (Å²) in [5.41, 5.74) is 0.818. The Morgan fingerprint density at radius 1 is 1.08 bits per heavy atom. The summed E-state index contributed by atoms with van der Waals surface area (Å²) in [6.07, 6.45) is 3.75. The molecule has 0 aromatic heterocycles. The molecule has 24 heavy (non-hydrogen) atoms. The molecular weight excluding hydrogens is 314 g/mol.